The molecule has 1 unspecified atom stereocenters. The van der Waals surface area contributed by atoms with Crippen molar-refractivity contribution in [1.29, 1.82) is 0 Å². The molecule has 8 heteroatoms. The molecule has 1 fully saturated rings. The van der Waals surface area contributed by atoms with Gasteiger partial charge in [-0.3, -0.25) is 14.5 Å². The van der Waals surface area contributed by atoms with Gasteiger partial charge in [-0.25, -0.2) is 9.07 Å². The van der Waals surface area contributed by atoms with Crippen molar-refractivity contribution in [1.82, 2.24) is 14.7 Å². The number of thioether (sulfide) groups is 1. The predicted molar refractivity (Wildman–Crippen MR) is 146 cm³/mol. The highest BCUT2D eigenvalue weighted by Gasteiger charge is 2.40. The summed E-state index contributed by atoms with van der Waals surface area (Å²) in [6.07, 6.45) is 1.98. The second kappa shape index (κ2) is 9.97. The fourth-order valence-electron chi connectivity index (χ4n) is 5.14. The number of para-hydroxylation sites is 1. The molecule has 1 aromatic heterocycles. The smallest absolute Gasteiger partial charge is 0.242 e. The van der Waals surface area contributed by atoms with Crippen LogP contribution in [-0.4, -0.2) is 51.9 Å². The van der Waals surface area contributed by atoms with Gasteiger partial charge in [-0.1, -0.05) is 51.1 Å². The van der Waals surface area contributed by atoms with E-state index in [9.17, 15) is 14.0 Å². The molecule has 2 aliphatic rings. The average molecular weight is 521 g/mol. The van der Waals surface area contributed by atoms with Crippen LogP contribution in [0.3, 0.4) is 0 Å². The summed E-state index contributed by atoms with van der Waals surface area (Å²) in [7, 11) is 0. The SMILES string of the molecule is Cc1ccccc1-n1nc(C(C)(C)C)c2c1N(CC(=O)N1CCCC1)C(=O)CSC2c1ccc(F)cc1. The number of amides is 2. The number of halogens is 1. The number of likely N-dealkylation sites (tertiary alicyclic amines) is 1. The lowest BCUT2D eigenvalue weighted by molar-refractivity contribution is -0.130. The first kappa shape index (κ1) is 25.5. The molecule has 5 rings (SSSR count). The van der Waals surface area contributed by atoms with Crippen LogP contribution in [0.1, 0.15) is 61.2 Å². The first-order chi connectivity index (χ1) is 17.6. The Hall–Kier alpha value is -3.13. The molecule has 2 aliphatic heterocycles. The van der Waals surface area contributed by atoms with Crippen molar-refractivity contribution in [2.75, 3.05) is 30.3 Å². The Bertz CT molecular complexity index is 1320. The summed E-state index contributed by atoms with van der Waals surface area (Å²) in [4.78, 5) is 30.6. The van der Waals surface area contributed by atoms with E-state index in [4.69, 9.17) is 5.10 Å². The first-order valence-electron chi connectivity index (χ1n) is 12.8. The number of benzene rings is 2. The summed E-state index contributed by atoms with van der Waals surface area (Å²) in [6.45, 7) is 9.77. The largest absolute Gasteiger partial charge is 0.341 e. The van der Waals surface area contributed by atoms with E-state index >= 15 is 0 Å². The van der Waals surface area contributed by atoms with E-state index in [-0.39, 0.29) is 40.6 Å². The third-order valence-electron chi connectivity index (χ3n) is 7.07. The third kappa shape index (κ3) is 4.91. The summed E-state index contributed by atoms with van der Waals surface area (Å²) >= 11 is 1.51. The topological polar surface area (TPSA) is 58.4 Å². The number of nitrogens with zero attached hydrogens (tertiary/aromatic N) is 4. The Kier molecular flexibility index (Phi) is 6.88. The van der Waals surface area contributed by atoms with Crippen LogP contribution >= 0.6 is 11.8 Å². The maximum atomic E-state index is 13.9. The van der Waals surface area contributed by atoms with Crippen molar-refractivity contribution in [2.45, 2.75) is 51.2 Å². The standard InChI is InChI=1S/C29H33FN4O2S/c1-19-9-5-6-10-22(19)34-28-25(27(31-34)29(2,3)4)26(20-11-13-21(30)14-12-20)37-18-24(36)33(28)17-23(35)32-15-7-8-16-32/h5-6,9-14,26H,7-8,15-18H2,1-4H3. The lowest BCUT2D eigenvalue weighted by atomic mass is 9.87. The van der Waals surface area contributed by atoms with Gasteiger partial charge in [0.05, 0.1) is 22.4 Å². The number of anilines is 1. The molecule has 0 N–H and O–H groups in total. The Morgan fingerprint density at radius 3 is 2.41 bits per heavy atom. The number of rotatable bonds is 4. The maximum absolute atomic E-state index is 13.9. The van der Waals surface area contributed by atoms with Crippen LogP contribution in [-0.2, 0) is 15.0 Å². The molecule has 194 valence electrons. The van der Waals surface area contributed by atoms with Crippen LogP contribution in [0.25, 0.3) is 5.69 Å². The molecule has 0 saturated carbocycles. The maximum Gasteiger partial charge on any atom is 0.242 e. The fourth-order valence-corrected chi connectivity index (χ4v) is 6.34. The number of hydrogen-bond donors (Lipinski definition) is 0. The second-order valence-corrected chi connectivity index (χ2v) is 11.9. The van der Waals surface area contributed by atoms with Gasteiger partial charge in [0, 0.05) is 24.1 Å². The summed E-state index contributed by atoms with van der Waals surface area (Å²) in [5.41, 5.74) is 4.22. The Morgan fingerprint density at radius 2 is 1.76 bits per heavy atom. The highest BCUT2D eigenvalue weighted by atomic mass is 32.2. The number of aryl methyl sites for hydroxylation is 1. The molecule has 3 aromatic rings. The minimum Gasteiger partial charge on any atom is -0.341 e. The average Bonchev–Trinajstić information content (AvgIpc) is 3.50. The minimum atomic E-state index is -0.338. The zero-order chi connectivity index (χ0) is 26.3. The van der Waals surface area contributed by atoms with E-state index in [2.05, 4.69) is 20.8 Å². The molecular formula is C29H33FN4O2S. The minimum absolute atomic E-state index is 0.0241. The number of aromatic nitrogens is 2. The van der Waals surface area contributed by atoms with Gasteiger partial charge < -0.3 is 4.90 Å². The van der Waals surface area contributed by atoms with Crippen molar-refractivity contribution >= 4 is 29.4 Å². The van der Waals surface area contributed by atoms with E-state index < -0.39 is 0 Å². The zero-order valence-corrected chi connectivity index (χ0v) is 22.6. The normalized spacial score (nSPS) is 18.2. The van der Waals surface area contributed by atoms with Gasteiger partial charge in [0.25, 0.3) is 0 Å². The number of carbonyl (C=O) groups excluding carboxylic acids is 2. The van der Waals surface area contributed by atoms with Crippen molar-refractivity contribution < 1.29 is 14.0 Å². The molecule has 1 saturated heterocycles. The molecule has 2 aromatic carbocycles. The zero-order valence-electron chi connectivity index (χ0n) is 21.8. The molecule has 2 amide bonds. The van der Waals surface area contributed by atoms with Gasteiger partial charge in [-0.05, 0) is 49.1 Å². The Balaban J connectivity index is 1.76. The van der Waals surface area contributed by atoms with Crippen LogP contribution in [0.15, 0.2) is 48.5 Å². The molecule has 37 heavy (non-hydrogen) atoms. The number of hydrogen-bond acceptors (Lipinski definition) is 4. The van der Waals surface area contributed by atoms with Gasteiger partial charge in [0.1, 0.15) is 18.2 Å². The van der Waals surface area contributed by atoms with Gasteiger partial charge in [-0.2, -0.15) is 5.10 Å². The highest BCUT2D eigenvalue weighted by Crippen LogP contribution is 2.48. The summed E-state index contributed by atoms with van der Waals surface area (Å²) < 4.78 is 15.7. The van der Waals surface area contributed by atoms with Gasteiger partial charge in [0.15, 0.2) is 0 Å². The van der Waals surface area contributed by atoms with Crippen LogP contribution in [0.5, 0.6) is 0 Å². The van der Waals surface area contributed by atoms with Crippen LogP contribution in [0, 0.1) is 12.7 Å². The molecule has 1 atom stereocenters. The molecule has 6 nitrogen and oxygen atoms in total. The molecule has 0 spiro atoms. The number of fused-ring (bicyclic) bond motifs is 1. The second-order valence-electron chi connectivity index (χ2n) is 10.8. The van der Waals surface area contributed by atoms with Gasteiger partial charge >= 0.3 is 0 Å². The van der Waals surface area contributed by atoms with E-state index in [1.54, 1.807) is 17.0 Å². The van der Waals surface area contributed by atoms with Crippen molar-refractivity contribution in [3.63, 3.8) is 0 Å². The van der Waals surface area contributed by atoms with Crippen LogP contribution in [0.4, 0.5) is 10.2 Å². The van der Waals surface area contributed by atoms with Crippen molar-refractivity contribution in [3.05, 3.63) is 76.7 Å². The van der Waals surface area contributed by atoms with Crippen molar-refractivity contribution in [3.8, 4) is 5.69 Å². The van der Waals surface area contributed by atoms with E-state index in [1.807, 2.05) is 40.8 Å². The van der Waals surface area contributed by atoms with Crippen LogP contribution < -0.4 is 4.90 Å². The summed E-state index contributed by atoms with van der Waals surface area (Å²) in [6, 6.07) is 14.4. The van der Waals surface area contributed by atoms with Gasteiger partial charge in [0.2, 0.25) is 11.8 Å². The quantitative estimate of drug-likeness (QED) is 0.462. The molecular weight excluding hydrogens is 487 g/mol. The molecule has 3 heterocycles. The Labute approximate surface area is 221 Å². The monoisotopic (exact) mass is 520 g/mol. The van der Waals surface area contributed by atoms with E-state index in [0.29, 0.717) is 5.82 Å². The summed E-state index contributed by atoms with van der Waals surface area (Å²) in [5.74, 6) is 0.371. The van der Waals surface area contributed by atoms with E-state index in [0.717, 1.165) is 54.0 Å². The van der Waals surface area contributed by atoms with Crippen LogP contribution in [0.2, 0.25) is 0 Å². The number of carbonyl (C=O) groups is 2. The highest BCUT2D eigenvalue weighted by molar-refractivity contribution is 8.00. The molecule has 0 bridgehead atoms. The summed E-state index contributed by atoms with van der Waals surface area (Å²) in [5, 5.41) is 4.89. The first-order valence-corrected chi connectivity index (χ1v) is 13.8. The molecule has 0 aliphatic carbocycles. The van der Waals surface area contributed by atoms with Gasteiger partial charge in [-0.15, -0.1) is 11.8 Å². The van der Waals surface area contributed by atoms with E-state index in [1.165, 1.54) is 23.9 Å². The van der Waals surface area contributed by atoms with Crippen molar-refractivity contribution in [2.24, 2.45) is 0 Å². The third-order valence-corrected chi connectivity index (χ3v) is 8.32. The predicted octanol–water partition coefficient (Wildman–Crippen LogP) is 5.41. The lowest BCUT2D eigenvalue weighted by Crippen LogP contribution is -2.43. The lowest BCUT2D eigenvalue weighted by Gasteiger charge is -2.26. The Morgan fingerprint density at radius 1 is 1.08 bits per heavy atom. The fraction of sp³-hybridized carbons (Fsp3) is 0.414. The molecule has 0 radical (unpaired) electrons.